The zero-order valence-electron chi connectivity index (χ0n) is 12.0. The number of hydrogen-bond acceptors (Lipinski definition) is 3. The predicted molar refractivity (Wildman–Crippen MR) is 80.1 cm³/mol. The van der Waals surface area contributed by atoms with Crippen LogP contribution in [0.4, 0.5) is 0 Å². The standard InChI is InChI=1S/C16H18N2O3/c1-10(2)13(9-14(19)20)18-16(21)15-12-6-4-3-5-11(12)7-8-17-15/h3-8,10,13H,9H2,1-2H3,(H,18,21)(H,19,20). The third-order valence-corrected chi connectivity index (χ3v) is 3.40. The summed E-state index contributed by atoms with van der Waals surface area (Å²) < 4.78 is 0. The SMILES string of the molecule is CC(C)C(CC(=O)O)NC(=O)c1nccc2ccccc12. The molecule has 5 heteroatoms. The first-order chi connectivity index (χ1) is 9.99. The average Bonchev–Trinajstić information content (AvgIpc) is 2.45. The molecule has 0 aliphatic carbocycles. The summed E-state index contributed by atoms with van der Waals surface area (Å²) in [5.74, 6) is -1.24. The monoisotopic (exact) mass is 286 g/mol. The summed E-state index contributed by atoms with van der Waals surface area (Å²) in [6.07, 6.45) is 1.48. The molecule has 1 aromatic heterocycles. The maximum absolute atomic E-state index is 12.4. The highest BCUT2D eigenvalue weighted by molar-refractivity contribution is 6.05. The number of carbonyl (C=O) groups excluding carboxylic acids is 1. The fourth-order valence-corrected chi connectivity index (χ4v) is 2.18. The second-order valence-corrected chi connectivity index (χ2v) is 5.30. The number of nitrogens with zero attached hydrogens (tertiary/aromatic N) is 1. The zero-order valence-corrected chi connectivity index (χ0v) is 12.0. The minimum absolute atomic E-state index is 0.0278. The van der Waals surface area contributed by atoms with E-state index in [1.54, 1.807) is 6.20 Å². The zero-order chi connectivity index (χ0) is 15.4. The number of carboxylic acids is 1. The summed E-state index contributed by atoms with van der Waals surface area (Å²) in [5, 5.41) is 13.4. The Morgan fingerprint density at radius 2 is 1.95 bits per heavy atom. The quantitative estimate of drug-likeness (QED) is 0.885. The molecule has 0 saturated carbocycles. The molecule has 21 heavy (non-hydrogen) atoms. The van der Waals surface area contributed by atoms with Crippen molar-refractivity contribution < 1.29 is 14.7 Å². The molecule has 2 rings (SSSR count). The van der Waals surface area contributed by atoms with E-state index in [1.807, 2.05) is 44.2 Å². The molecule has 0 bridgehead atoms. The molecule has 0 spiro atoms. The molecule has 2 aromatic rings. The molecule has 2 N–H and O–H groups in total. The second-order valence-electron chi connectivity index (χ2n) is 5.30. The van der Waals surface area contributed by atoms with E-state index in [1.165, 1.54) is 0 Å². The van der Waals surface area contributed by atoms with Crippen molar-refractivity contribution in [1.82, 2.24) is 10.3 Å². The Labute approximate surface area is 123 Å². The molecule has 110 valence electrons. The fraction of sp³-hybridized carbons (Fsp3) is 0.312. The number of aliphatic carboxylic acids is 1. The van der Waals surface area contributed by atoms with Gasteiger partial charge in [-0.15, -0.1) is 0 Å². The van der Waals surface area contributed by atoms with Crippen molar-refractivity contribution in [2.75, 3.05) is 0 Å². The third kappa shape index (κ3) is 3.56. The van der Waals surface area contributed by atoms with Crippen molar-refractivity contribution in [1.29, 1.82) is 0 Å². The molecule has 1 heterocycles. The molecule has 5 nitrogen and oxygen atoms in total. The van der Waals surface area contributed by atoms with Crippen LogP contribution in [-0.4, -0.2) is 28.0 Å². The van der Waals surface area contributed by atoms with E-state index in [-0.39, 0.29) is 18.2 Å². The van der Waals surface area contributed by atoms with E-state index in [0.717, 1.165) is 10.8 Å². The number of fused-ring (bicyclic) bond motifs is 1. The number of carboxylic acid groups (broad SMARTS) is 1. The Kier molecular flexibility index (Phi) is 4.52. The normalized spacial score (nSPS) is 12.3. The molecule has 0 aliphatic heterocycles. The average molecular weight is 286 g/mol. The predicted octanol–water partition coefficient (Wildman–Crippen LogP) is 2.46. The topological polar surface area (TPSA) is 79.3 Å². The Morgan fingerprint density at radius 1 is 1.24 bits per heavy atom. The van der Waals surface area contributed by atoms with E-state index >= 15 is 0 Å². The van der Waals surface area contributed by atoms with Crippen molar-refractivity contribution in [2.24, 2.45) is 5.92 Å². The van der Waals surface area contributed by atoms with Crippen LogP contribution >= 0.6 is 0 Å². The highest BCUT2D eigenvalue weighted by Gasteiger charge is 2.21. The van der Waals surface area contributed by atoms with Crippen molar-refractivity contribution in [3.8, 4) is 0 Å². The number of hydrogen-bond donors (Lipinski definition) is 2. The van der Waals surface area contributed by atoms with Crippen LogP contribution in [0.1, 0.15) is 30.8 Å². The molecule has 1 amide bonds. The van der Waals surface area contributed by atoms with Gasteiger partial charge >= 0.3 is 5.97 Å². The van der Waals surface area contributed by atoms with Gasteiger partial charge in [0.05, 0.1) is 6.42 Å². The lowest BCUT2D eigenvalue weighted by atomic mass is 10.0. The summed E-state index contributed by atoms with van der Waals surface area (Å²) in [4.78, 5) is 27.4. The Bertz CT molecular complexity index is 662. The first-order valence-corrected chi connectivity index (χ1v) is 6.85. The minimum atomic E-state index is -0.931. The molecule has 1 atom stereocenters. The second kappa shape index (κ2) is 6.35. The van der Waals surface area contributed by atoms with Crippen LogP contribution in [0.3, 0.4) is 0 Å². The number of nitrogens with one attached hydrogen (secondary N) is 1. The molecule has 0 saturated heterocycles. The fourth-order valence-electron chi connectivity index (χ4n) is 2.18. The summed E-state index contributed by atoms with van der Waals surface area (Å²) >= 11 is 0. The van der Waals surface area contributed by atoms with E-state index < -0.39 is 12.0 Å². The first-order valence-electron chi connectivity index (χ1n) is 6.85. The maximum Gasteiger partial charge on any atom is 0.305 e. The highest BCUT2D eigenvalue weighted by Crippen LogP contribution is 2.17. The first kappa shape index (κ1) is 15.0. The van der Waals surface area contributed by atoms with Gasteiger partial charge in [0.2, 0.25) is 0 Å². The van der Waals surface area contributed by atoms with E-state index in [9.17, 15) is 9.59 Å². The Balaban J connectivity index is 2.27. The molecule has 1 unspecified atom stereocenters. The highest BCUT2D eigenvalue weighted by atomic mass is 16.4. The number of carbonyl (C=O) groups is 2. The van der Waals surface area contributed by atoms with Crippen LogP contribution in [-0.2, 0) is 4.79 Å². The van der Waals surface area contributed by atoms with Gasteiger partial charge in [0.15, 0.2) is 0 Å². The summed E-state index contributed by atoms with van der Waals surface area (Å²) in [5.41, 5.74) is 0.323. The largest absolute Gasteiger partial charge is 0.481 e. The van der Waals surface area contributed by atoms with Crippen molar-refractivity contribution >= 4 is 22.6 Å². The van der Waals surface area contributed by atoms with E-state index in [4.69, 9.17) is 5.11 Å². The molecule has 0 fully saturated rings. The van der Waals surface area contributed by atoms with Gasteiger partial charge in [0, 0.05) is 17.6 Å². The summed E-state index contributed by atoms with van der Waals surface area (Å²) in [6, 6.07) is 8.90. The molecule has 1 aromatic carbocycles. The van der Waals surface area contributed by atoms with Gasteiger partial charge in [0.1, 0.15) is 5.69 Å². The van der Waals surface area contributed by atoms with Gasteiger partial charge in [0.25, 0.3) is 5.91 Å². The lowest BCUT2D eigenvalue weighted by Gasteiger charge is -2.20. The van der Waals surface area contributed by atoms with Gasteiger partial charge in [-0.2, -0.15) is 0 Å². The van der Waals surface area contributed by atoms with E-state index in [2.05, 4.69) is 10.3 Å². The van der Waals surface area contributed by atoms with Gasteiger partial charge < -0.3 is 10.4 Å². The van der Waals surface area contributed by atoms with E-state index in [0.29, 0.717) is 5.69 Å². The summed E-state index contributed by atoms with van der Waals surface area (Å²) in [7, 11) is 0. The van der Waals surface area contributed by atoms with Crippen LogP contribution in [0, 0.1) is 5.92 Å². The van der Waals surface area contributed by atoms with Crippen LogP contribution in [0.2, 0.25) is 0 Å². The molecular formula is C16H18N2O3. The van der Waals surface area contributed by atoms with Gasteiger partial charge in [-0.25, -0.2) is 0 Å². The molecule has 0 radical (unpaired) electrons. The van der Waals surface area contributed by atoms with Crippen molar-refractivity contribution in [3.63, 3.8) is 0 Å². The Morgan fingerprint density at radius 3 is 2.62 bits per heavy atom. The number of aromatic nitrogens is 1. The molecular weight excluding hydrogens is 268 g/mol. The van der Waals surface area contributed by atoms with Crippen LogP contribution in [0.15, 0.2) is 36.5 Å². The van der Waals surface area contributed by atoms with Crippen LogP contribution in [0.25, 0.3) is 10.8 Å². The Hall–Kier alpha value is -2.43. The van der Waals surface area contributed by atoms with Crippen LogP contribution < -0.4 is 5.32 Å². The molecule has 0 aliphatic rings. The number of rotatable bonds is 5. The number of amides is 1. The lowest BCUT2D eigenvalue weighted by Crippen LogP contribution is -2.40. The number of benzene rings is 1. The number of pyridine rings is 1. The van der Waals surface area contributed by atoms with Gasteiger partial charge in [-0.05, 0) is 17.4 Å². The van der Waals surface area contributed by atoms with Crippen molar-refractivity contribution in [2.45, 2.75) is 26.3 Å². The maximum atomic E-state index is 12.4. The smallest absolute Gasteiger partial charge is 0.305 e. The third-order valence-electron chi connectivity index (χ3n) is 3.40. The van der Waals surface area contributed by atoms with Gasteiger partial charge in [-0.1, -0.05) is 38.1 Å². The van der Waals surface area contributed by atoms with Crippen LogP contribution in [0.5, 0.6) is 0 Å². The van der Waals surface area contributed by atoms with Crippen molar-refractivity contribution in [3.05, 3.63) is 42.2 Å². The lowest BCUT2D eigenvalue weighted by molar-refractivity contribution is -0.137. The van der Waals surface area contributed by atoms with Gasteiger partial charge in [-0.3, -0.25) is 14.6 Å². The minimum Gasteiger partial charge on any atom is -0.481 e. The summed E-state index contributed by atoms with van der Waals surface area (Å²) in [6.45, 7) is 3.76.